The third-order valence-electron chi connectivity index (χ3n) is 3.88. The molecule has 0 saturated carbocycles. The minimum Gasteiger partial charge on any atom is -0.496 e. The number of ketones is 2. The van der Waals surface area contributed by atoms with Gasteiger partial charge in [-0.05, 0) is 18.6 Å². The molecule has 0 radical (unpaired) electrons. The minimum atomic E-state index is 0.0478. The van der Waals surface area contributed by atoms with Crippen molar-refractivity contribution in [3.05, 3.63) is 29.8 Å². The molecule has 0 aromatic heterocycles. The van der Waals surface area contributed by atoms with Crippen molar-refractivity contribution in [3.8, 4) is 5.75 Å². The van der Waals surface area contributed by atoms with E-state index in [2.05, 4.69) is 4.90 Å². The topological polar surface area (TPSA) is 46.6 Å². The van der Waals surface area contributed by atoms with Gasteiger partial charge in [0.25, 0.3) is 0 Å². The molecule has 1 saturated heterocycles. The van der Waals surface area contributed by atoms with E-state index in [0.717, 1.165) is 6.42 Å². The first-order valence-corrected chi connectivity index (χ1v) is 7.07. The van der Waals surface area contributed by atoms with Gasteiger partial charge in [-0.3, -0.25) is 14.5 Å². The number of carbonyl (C=O) groups is 2. The normalized spacial score (nSPS) is 19.9. The van der Waals surface area contributed by atoms with Gasteiger partial charge in [-0.1, -0.05) is 19.1 Å². The molecule has 1 aromatic rings. The highest BCUT2D eigenvalue weighted by atomic mass is 16.5. The molecule has 4 nitrogen and oxygen atoms in total. The van der Waals surface area contributed by atoms with Crippen molar-refractivity contribution in [1.82, 2.24) is 4.90 Å². The second kappa shape index (κ2) is 6.66. The second-order valence-corrected chi connectivity index (χ2v) is 5.18. The third kappa shape index (κ3) is 3.25. The van der Waals surface area contributed by atoms with Crippen molar-refractivity contribution in [3.63, 3.8) is 0 Å². The van der Waals surface area contributed by atoms with E-state index in [9.17, 15) is 9.59 Å². The van der Waals surface area contributed by atoms with E-state index >= 15 is 0 Å². The first-order valence-electron chi connectivity index (χ1n) is 7.07. The van der Waals surface area contributed by atoms with E-state index in [0.29, 0.717) is 43.2 Å². The van der Waals surface area contributed by atoms with Crippen LogP contribution in [0.3, 0.4) is 0 Å². The van der Waals surface area contributed by atoms with Crippen LogP contribution < -0.4 is 4.74 Å². The van der Waals surface area contributed by atoms with Gasteiger partial charge >= 0.3 is 0 Å². The van der Waals surface area contributed by atoms with Crippen LogP contribution in [-0.4, -0.2) is 43.2 Å². The molecule has 0 bridgehead atoms. The molecule has 1 heterocycles. The zero-order chi connectivity index (χ0) is 14.5. The smallest absolute Gasteiger partial charge is 0.180 e. The molecule has 0 N–H and O–H groups in total. The lowest BCUT2D eigenvalue weighted by Crippen LogP contribution is -2.43. The Morgan fingerprint density at radius 2 is 2.15 bits per heavy atom. The SMILES string of the molecule is CCC1CN(CC(=O)c2ccccc2OC)CCC1=O. The summed E-state index contributed by atoms with van der Waals surface area (Å²) in [4.78, 5) is 26.1. The van der Waals surface area contributed by atoms with Crippen molar-refractivity contribution in [2.45, 2.75) is 19.8 Å². The highest BCUT2D eigenvalue weighted by Crippen LogP contribution is 2.20. The number of rotatable bonds is 5. The number of para-hydroxylation sites is 1. The Morgan fingerprint density at radius 3 is 2.85 bits per heavy atom. The molecule has 1 fully saturated rings. The number of methoxy groups -OCH3 is 1. The maximum atomic E-state index is 12.4. The lowest BCUT2D eigenvalue weighted by Gasteiger charge is -2.30. The Morgan fingerprint density at radius 1 is 1.40 bits per heavy atom. The Labute approximate surface area is 119 Å². The first kappa shape index (κ1) is 14.7. The summed E-state index contributed by atoms with van der Waals surface area (Å²) < 4.78 is 5.22. The quantitative estimate of drug-likeness (QED) is 0.773. The number of likely N-dealkylation sites (tertiary alicyclic amines) is 1. The number of hydrogen-bond acceptors (Lipinski definition) is 4. The van der Waals surface area contributed by atoms with Gasteiger partial charge in [0.05, 0.1) is 19.2 Å². The zero-order valence-electron chi connectivity index (χ0n) is 12.1. The minimum absolute atomic E-state index is 0.0478. The molecule has 0 spiro atoms. The molecule has 0 aliphatic carbocycles. The molecule has 20 heavy (non-hydrogen) atoms. The summed E-state index contributed by atoms with van der Waals surface area (Å²) in [5.74, 6) is 1.06. The Bertz CT molecular complexity index is 498. The van der Waals surface area contributed by atoms with E-state index in [-0.39, 0.29) is 11.7 Å². The lowest BCUT2D eigenvalue weighted by atomic mass is 9.94. The van der Waals surface area contributed by atoms with E-state index in [1.165, 1.54) is 0 Å². The van der Waals surface area contributed by atoms with Crippen LogP contribution in [0.1, 0.15) is 30.1 Å². The monoisotopic (exact) mass is 275 g/mol. The van der Waals surface area contributed by atoms with Gasteiger partial charge in [-0.25, -0.2) is 0 Å². The molecule has 108 valence electrons. The average molecular weight is 275 g/mol. The zero-order valence-corrected chi connectivity index (χ0v) is 12.1. The largest absolute Gasteiger partial charge is 0.496 e. The van der Waals surface area contributed by atoms with E-state index < -0.39 is 0 Å². The summed E-state index contributed by atoms with van der Waals surface area (Å²) >= 11 is 0. The van der Waals surface area contributed by atoms with Crippen molar-refractivity contribution < 1.29 is 14.3 Å². The highest BCUT2D eigenvalue weighted by molar-refractivity contribution is 6.00. The van der Waals surface area contributed by atoms with Crippen LogP contribution in [0.5, 0.6) is 5.75 Å². The number of nitrogens with zero attached hydrogens (tertiary/aromatic N) is 1. The number of carbonyl (C=O) groups excluding carboxylic acids is 2. The third-order valence-corrected chi connectivity index (χ3v) is 3.88. The summed E-state index contributed by atoms with van der Waals surface area (Å²) in [7, 11) is 1.57. The predicted octanol–water partition coefficient (Wildman–Crippen LogP) is 2.18. The van der Waals surface area contributed by atoms with E-state index in [4.69, 9.17) is 4.74 Å². The van der Waals surface area contributed by atoms with Gasteiger partial charge < -0.3 is 4.74 Å². The van der Waals surface area contributed by atoms with Gasteiger partial charge in [0.1, 0.15) is 11.5 Å². The summed E-state index contributed by atoms with van der Waals surface area (Å²) in [6, 6.07) is 7.27. The molecule has 1 atom stereocenters. The van der Waals surface area contributed by atoms with Crippen molar-refractivity contribution >= 4 is 11.6 Å². The first-order chi connectivity index (χ1) is 9.65. The molecule has 1 aliphatic rings. The fourth-order valence-electron chi connectivity index (χ4n) is 2.64. The molecular weight excluding hydrogens is 254 g/mol. The van der Waals surface area contributed by atoms with Crippen molar-refractivity contribution in [1.29, 1.82) is 0 Å². The number of ether oxygens (including phenoxy) is 1. The van der Waals surface area contributed by atoms with Crippen LogP contribution in [0.4, 0.5) is 0 Å². The second-order valence-electron chi connectivity index (χ2n) is 5.18. The molecule has 4 heteroatoms. The molecule has 0 amide bonds. The summed E-state index contributed by atoms with van der Waals surface area (Å²) in [6.45, 7) is 3.74. The fourth-order valence-corrected chi connectivity index (χ4v) is 2.64. The van der Waals surface area contributed by atoms with Crippen LogP contribution in [0.2, 0.25) is 0 Å². The van der Waals surface area contributed by atoms with Crippen LogP contribution in [0.15, 0.2) is 24.3 Å². The molecule has 1 aromatic carbocycles. The number of hydrogen-bond donors (Lipinski definition) is 0. The molecular formula is C16H21NO3. The maximum Gasteiger partial charge on any atom is 0.180 e. The summed E-state index contributed by atoms with van der Waals surface area (Å²) in [5, 5.41) is 0. The Balaban J connectivity index is 2.03. The van der Waals surface area contributed by atoms with Crippen molar-refractivity contribution in [2.24, 2.45) is 5.92 Å². The van der Waals surface area contributed by atoms with Gasteiger partial charge in [0, 0.05) is 25.4 Å². The summed E-state index contributed by atoms with van der Waals surface area (Å²) in [6.07, 6.45) is 1.40. The average Bonchev–Trinajstić information content (AvgIpc) is 2.49. The number of piperidine rings is 1. The fraction of sp³-hybridized carbons (Fsp3) is 0.500. The van der Waals surface area contributed by atoms with Crippen molar-refractivity contribution in [2.75, 3.05) is 26.7 Å². The summed E-state index contributed by atoms with van der Waals surface area (Å²) in [5.41, 5.74) is 0.611. The lowest BCUT2D eigenvalue weighted by molar-refractivity contribution is -0.126. The molecule has 1 unspecified atom stereocenters. The maximum absolute atomic E-state index is 12.4. The molecule has 2 rings (SSSR count). The van der Waals surface area contributed by atoms with Gasteiger partial charge in [-0.2, -0.15) is 0 Å². The van der Waals surface area contributed by atoms with Crippen LogP contribution in [0, 0.1) is 5.92 Å². The van der Waals surface area contributed by atoms with Crippen LogP contribution >= 0.6 is 0 Å². The van der Waals surface area contributed by atoms with Gasteiger partial charge in [-0.15, -0.1) is 0 Å². The highest BCUT2D eigenvalue weighted by Gasteiger charge is 2.27. The Hall–Kier alpha value is -1.68. The number of Topliss-reactive ketones (excluding diaryl/α,β-unsaturated/α-hetero) is 2. The Kier molecular flexibility index (Phi) is 4.90. The van der Waals surface area contributed by atoms with Gasteiger partial charge in [0.2, 0.25) is 0 Å². The van der Waals surface area contributed by atoms with Crippen LogP contribution in [0.25, 0.3) is 0 Å². The molecule has 1 aliphatic heterocycles. The van der Waals surface area contributed by atoms with Gasteiger partial charge in [0.15, 0.2) is 5.78 Å². The predicted molar refractivity (Wildman–Crippen MR) is 77.2 cm³/mol. The van der Waals surface area contributed by atoms with E-state index in [1.807, 2.05) is 19.1 Å². The number of benzene rings is 1. The standard InChI is InChI=1S/C16H21NO3/c1-3-12-10-17(9-8-14(12)18)11-15(19)13-6-4-5-7-16(13)20-2/h4-7,12H,3,8-11H2,1-2H3. The van der Waals surface area contributed by atoms with Crippen LogP contribution in [-0.2, 0) is 4.79 Å². The van der Waals surface area contributed by atoms with E-state index in [1.54, 1.807) is 19.2 Å².